The van der Waals surface area contributed by atoms with Crippen LogP contribution in [0.1, 0.15) is 11.1 Å². The molecule has 0 saturated carbocycles. The molecule has 0 aromatic heterocycles. The Bertz CT molecular complexity index is 1030. The number of rotatable bonds is 9. The Morgan fingerprint density at radius 3 is 2.59 bits per heavy atom. The predicted octanol–water partition coefficient (Wildman–Crippen LogP) is 3.69. The van der Waals surface area contributed by atoms with E-state index in [1.165, 1.54) is 30.3 Å². The second kappa shape index (κ2) is 10.8. The third-order valence-electron chi connectivity index (χ3n) is 4.43. The normalized spacial score (nSPS) is 14.9. The number of methoxy groups -OCH3 is 1. The van der Waals surface area contributed by atoms with Gasteiger partial charge < -0.3 is 14.8 Å². The topological polar surface area (TPSA) is 84.9 Å². The molecule has 0 radical (unpaired) electrons. The van der Waals surface area contributed by atoms with E-state index in [1.807, 2.05) is 0 Å². The molecule has 2 aromatic rings. The first-order valence-electron chi connectivity index (χ1n) is 9.55. The van der Waals surface area contributed by atoms with E-state index in [9.17, 15) is 23.2 Å². The van der Waals surface area contributed by atoms with Gasteiger partial charge in [0.15, 0.2) is 0 Å². The highest BCUT2D eigenvalue weighted by molar-refractivity contribution is 8.18. The number of amides is 3. The number of hydrogen-bond acceptors (Lipinski definition) is 6. The number of nitrogens with zero attached hydrogens (tertiary/aromatic N) is 1. The molecule has 1 heterocycles. The van der Waals surface area contributed by atoms with Crippen LogP contribution in [0.2, 0.25) is 0 Å². The number of halogens is 2. The summed E-state index contributed by atoms with van der Waals surface area (Å²) in [4.78, 5) is 38.1. The lowest BCUT2D eigenvalue weighted by Gasteiger charge is -2.13. The van der Waals surface area contributed by atoms with Crippen LogP contribution in [0.3, 0.4) is 0 Å². The third-order valence-corrected chi connectivity index (χ3v) is 5.34. The molecule has 2 aromatic carbocycles. The van der Waals surface area contributed by atoms with Crippen LogP contribution >= 0.6 is 11.8 Å². The van der Waals surface area contributed by atoms with Crippen molar-refractivity contribution < 1.29 is 32.6 Å². The second-order valence-electron chi connectivity index (χ2n) is 6.66. The summed E-state index contributed by atoms with van der Waals surface area (Å²) in [5.41, 5.74) is 1.34. The maximum Gasteiger partial charge on any atom is 0.387 e. The molecular weight excluding hydrogens is 442 g/mol. The maximum absolute atomic E-state index is 12.5. The summed E-state index contributed by atoms with van der Waals surface area (Å²) in [6, 6.07) is 12.8. The largest absolute Gasteiger partial charge is 0.497 e. The third kappa shape index (κ3) is 6.30. The fourth-order valence-electron chi connectivity index (χ4n) is 2.93. The van der Waals surface area contributed by atoms with E-state index < -0.39 is 17.8 Å². The van der Waals surface area contributed by atoms with E-state index in [4.69, 9.17) is 4.74 Å². The molecule has 168 valence electrons. The number of carbonyl (C=O) groups excluding carboxylic acids is 3. The van der Waals surface area contributed by atoms with Gasteiger partial charge in [-0.05, 0) is 53.2 Å². The highest BCUT2D eigenvalue weighted by Gasteiger charge is 2.34. The van der Waals surface area contributed by atoms with Crippen molar-refractivity contribution in [3.8, 4) is 11.5 Å². The Balaban J connectivity index is 1.52. The maximum atomic E-state index is 12.5. The number of alkyl halides is 2. The lowest BCUT2D eigenvalue weighted by molar-refractivity contribution is -0.124. The molecule has 3 amide bonds. The molecule has 7 nitrogen and oxygen atoms in total. The van der Waals surface area contributed by atoms with Crippen LogP contribution in [0.25, 0.3) is 6.08 Å². The lowest BCUT2D eigenvalue weighted by atomic mass is 10.1. The van der Waals surface area contributed by atoms with Crippen LogP contribution in [0.5, 0.6) is 11.5 Å². The van der Waals surface area contributed by atoms with Crippen molar-refractivity contribution in [3.05, 3.63) is 64.6 Å². The zero-order valence-corrected chi connectivity index (χ0v) is 17.9. The van der Waals surface area contributed by atoms with Gasteiger partial charge in [0.1, 0.15) is 11.5 Å². The number of ether oxygens (including phenoxy) is 2. The fraction of sp³-hybridized carbons (Fsp3) is 0.227. The van der Waals surface area contributed by atoms with Crippen molar-refractivity contribution in [2.24, 2.45) is 0 Å². The lowest BCUT2D eigenvalue weighted by Crippen LogP contribution is -2.37. The number of benzene rings is 2. The first kappa shape index (κ1) is 23.3. The number of hydrogen-bond donors (Lipinski definition) is 1. The Hall–Kier alpha value is -3.40. The highest BCUT2D eigenvalue weighted by atomic mass is 32.2. The summed E-state index contributed by atoms with van der Waals surface area (Å²) in [7, 11) is 1.54. The molecule has 0 unspecified atom stereocenters. The van der Waals surface area contributed by atoms with Gasteiger partial charge in [-0.2, -0.15) is 8.78 Å². The van der Waals surface area contributed by atoms with E-state index in [0.29, 0.717) is 11.3 Å². The molecule has 1 saturated heterocycles. The minimum atomic E-state index is -2.92. The number of carbonyl (C=O) groups is 3. The molecule has 10 heteroatoms. The van der Waals surface area contributed by atoms with Crippen molar-refractivity contribution in [1.82, 2.24) is 10.2 Å². The Kier molecular flexibility index (Phi) is 7.82. The molecule has 0 bridgehead atoms. The molecule has 0 atom stereocenters. The van der Waals surface area contributed by atoms with Crippen molar-refractivity contribution in [1.29, 1.82) is 0 Å². The predicted molar refractivity (Wildman–Crippen MR) is 115 cm³/mol. The summed E-state index contributed by atoms with van der Waals surface area (Å²) in [6.07, 6.45) is 1.64. The van der Waals surface area contributed by atoms with E-state index in [-0.39, 0.29) is 36.1 Å². The Morgan fingerprint density at radius 2 is 1.91 bits per heavy atom. The minimum absolute atomic E-state index is 0.00468. The van der Waals surface area contributed by atoms with Crippen LogP contribution in [0.4, 0.5) is 13.6 Å². The van der Waals surface area contributed by atoms with Crippen molar-refractivity contribution in [2.75, 3.05) is 20.2 Å². The average molecular weight is 462 g/mol. The number of imide groups is 1. The van der Waals surface area contributed by atoms with Gasteiger partial charge in [0, 0.05) is 13.1 Å². The second-order valence-corrected chi connectivity index (χ2v) is 7.65. The summed E-state index contributed by atoms with van der Waals surface area (Å²) in [6.45, 7) is -2.77. The van der Waals surface area contributed by atoms with Gasteiger partial charge in [-0.25, -0.2) is 0 Å². The van der Waals surface area contributed by atoms with Crippen molar-refractivity contribution >= 4 is 34.9 Å². The molecule has 0 aliphatic carbocycles. The van der Waals surface area contributed by atoms with E-state index in [1.54, 1.807) is 31.4 Å². The van der Waals surface area contributed by atoms with Gasteiger partial charge in [-0.1, -0.05) is 24.3 Å². The molecule has 0 spiro atoms. The Morgan fingerprint density at radius 1 is 1.16 bits per heavy atom. The molecule has 1 fully saturated rings. The first-order valence-corrected chi connectivity index (χ1v) is 10.4. The smallest absolute Gasteiger partial charge is 0.387 e. The highest BCUT2D eigenvalue weighted by Crippen LogP contribution is 2.32. The average Bonchev–Trinajstić information content (AvgIpc) is 3.02. The first-order chi connectivity index (χ1) is 15.4. The summed E-state index contributed by atoms with van der Waals surface area (Å²) < 4.78 is 33.8. The van der Waals surface area contributed by atoms with E-state index in [0.717, 1.165) is 22.2 Å². The van der Waals surface area contributed by atoms with Gasteiger partial charge in [0.2, 0.25) is 5.91 Å². The molecular formula is C22H20F2N2O5S. The molecule has 3 rings (SSSR count). The van der Waals surface area contributed by atoms with Crippen molar-refractivity contribution in [3.63, 3.8) is 0 Å². The molecule has 1 N–H and O–H groups in total. The number of nitrogens with one attached hydrogen (secondary N) is 1. The fourth-order valence-corrected chi connectivity index (χ4v) is 3.79. The van der Waals surface area contributed by atoms with E-state index >= 15 is 0 Å². The van der Waals surface area contributed by atoms with Crippen LogP contribution in [-0.4, -0.2) is 48.8 Å². The quantitative estimate of drug-likeness (QED) is 0.572. The van der Waals surface area contributed by atoms with Crippen LogP contribution < -0.4 is 14.8 Å². The zero-order chi connectivity index (χ0) is 23.1. The zero-order valence-electron chi connectivity index (χ0n) is 17.0. The minimum Gasteiger partial charge on any atom is -0.497 e. The van der Waals surface area contributed by atoms with E-state index in [2.05, 4.69) is 10.1 Å². The number of thioether (sulfide) groups is 1. The molecule has 1 aliphatic heterocycles. The standard InChI is InChI=1S/C22H20F2N2O5S/c1-30-17-4-2-3-15(11-17)13-19(27)25-9-10-26-20(28)18(32-22(26)29)12-14-5-7-16(8-6-14)31-21(23)24/h2-8,11-12,21H,9-10,13H2,1H3,(H,25,27). The molecule has 32 heavy (non-hydrogen) atoms. The van der Waals surface area contributed by atoms with Gasteiger partial charge in [-0.3, -0.25) is 19.3 Å². The summed E-state index contributed by atoms with van der Waals surface area (Å²) in [5.74, 6) is -0.0761. The van der Waals surface area contributed by atoms with Gasteiger partial charge >= 0.3 is 6.61 Å². The van der Waals surface area contributed by atoms with Gasteiger partial charge in [0.25, 0.3) is 11.1 Å². The monoisotopic (exact) mass is 462 g/mol. The van der Waals surface area contributed by atoms with Gasteiger partial charge in [0.05, 0.1) is 18.4 Å². The van der Waals surface area contributed by atoms with Crippen molar-refractivity contribution in [2.45, 2.75) is 13.0 Å². The summed E-state index contributed by atoms with van der Waals surface area (Å²) in [5, 5.41) is 2.25. The van der Waals surface area contributed by atoms with Gasteiger partial charge in [-0.15, -0.1) is 0 Å². The Labute approximate surface area is 187 Å². The molecule has 1 aliphatic rings. The van der Waals surface area contributed by atoms with Crippen LogP contribution in [0, 0.1) is 0 Å². The van der Waals surface area contributed by atoms with Crippen LogP contribution in [0.15, 0.2) is 53.4 Å². The SMILES string of the molecule is COc1cccc(CC(=O)NCCN2C(=O)SC(=Cc3ccc(OC(F)F)cc3)C2=O)c1. The van der Waals surface area contributed by atoms with Crippen LogP contribution in [-0.2, 0) is 16.0 Å². The summed E-state index contributed by atoms with van der Waals surface area (Å²) >= 11 is 0.778.